The van der Waals surface area contributed by atoms with E-state index in [1.54, 1.807) is 7.11 Å². The average molecular weight is 323 g/mol. The Labute approximate surface area is 134 Å². The van der Waals surface area contributed by atoms with E-state index < -0.39 is 0 Å². The maximum Gasteiger partial charge on any atom is 0.228 e. The second-order valence-electron chi connectivity index (χ2n) is 5.54. The molecule has 126 valence electrons. The largest absolute Gasteiger partial charge is 0.384 e. The predicted octanol–water partition coefficient (Wildman–Crippen LogP) is 1.75. The second kappa shape index (κ2) is 12.2. The van der Waals surface area contributed by atoms with Gasteiger partial charge in [0.15, 0.2) is 0 Å². The molecule has 1 amide bonds. The summed E-state index contributed by atoms with van der Waals surface area (Å²) < 4.78 is 10.8. The molecule has 1 rings (SSSR count). The third kappa shape index (κ3) is 7.45. The monoisotopic (exact) mass is 322 g/mol. The smallest absolute Gasteiger partial charge is 0.228 e. The van der Waals surface area contributed by atoms with Crippen LogP contribution in [0.3, 0.4) is 0 Å². The molecule has 0 aromatic carbocycles. The summed E-state index contributed by atoms with van der Waals surface area (Å²) in [7, 11) is 1.67. The maximum absolute atomic E-state index is 12.4. The quantitative estimate of drug-likeness (QED) is 0.602. The van der Waals surface area contributed by atoms with Gasteiger partial charge in [-0.25, -0.2) is 0 Å². The highest BCUT2D eigenvalue weighted by Gasteiger charge is 2.39. The van der Waals surface area contributed by atoms with Gasteiger partial charge in [-0.3, -0.25) is 4.79 Å². The summed E-state index contributed by atoms with van der Waals surface area (Å²) in [5.41, 5.74) is -0.344. The van der Waals surface area contributed by atoms with E-state index >= 15 is 0 Å². The second-order valence-corrected chi connectivity index (χ2v) is 5.54. The highest BCUT2D eigenvalue weighted by molar-refractivity contribution is 5.85. The van der Waals surface area contributed by atoms with Gasteiger partial charge >= 0.3 is 0 Å². The van der Waals surface area contributed by atoms with Crippen molar-refractivity contribution < 1.29 is 14.3 Å². The first-order valence-corrected chi connectivity index (χ1v) is 7.81. The van der Waals surface area contributed by atoms with Crippen LogP contribution >= 0.6 is 12.4 Å². The zero-order valence-corrected chi connectivity index (χ0v) is 14.2. The average Bonchev–Trinajstić information content (AvgIpc) is 2.47. The molecule has 0 saturated carbocycles. The molecule has 1 aliphatic heterocycles. The molecule has 5 nitrogen and oxygen atoms in total. The Hall–Kier alpha value is -0.360. The van der Waals surface area contributed by atoms with Crippen molar-refractivity contribution in [2.75, 3.05) is 46.6 Å². The minimum absolute atomic E-state index is 0. The number of hydrogen-bond acceptors (Lipinski definition) is 4. The number of unbranched alkanes of at least 4 members (excludes halogenated alkanes) is 1. The third-order valence-electron chi connectivity index (χ3n) is 3.86. The number of ether oxygens (including phenoxy) is 2. The SMILES string of the molecule is CCCCOCCCNC(=O)C1(COC)CCNCC1.Cl. The van der Waals surface area contributed by atoms with Crippen LogP contribution in [0.25, 0.3) is 0 Å². The molecule has 1 heterocycles. The first-order valence-electron chi connectivity index (χ1n) is 7.81. The van der Waals surface area contributed by atoms with Crippen molar-refractivity contribution in [2.24, 2.45) is 5.41 Å². The third-order valence-corrected chi connectivity index (χ3v) is 3.86. The number of hydrogen-bond donors (Lipinski definition) is 2. The van der Waals surface area contributed by atoms with Crippen LogP contribution in [0.1, 0.15) is 39.0 Å². The molecule has 1 saturated heterocycles. The van der Waals surface area contributed by atoms with Gasteiger partial charge in [0.25, 0.3) is 0 Å². The lowest BCUT2D eigenvalue weighted by atomic mass is 9.78. The van der Waals surface area contributed by atoms with E-state index in [1.165, 1.54) is 0 Å². The summed E-state index contributed by atoms with van der Waals surface area (Å²) in [5.74, 6) is 0.134. The van der Waals surface area contributed by atoms with Gasteiger partial charge in [0.1, 0.15) is 0 Å². The van der Waals surface area contributed by atoms with Gasteiger partial charge in [-0.05, 0) is 38.8 Å². The Morgan fingerprint density at radius 3 is 2.52 bits per heavy atom. The van der Waals surface area contributed by atoms with Gasteiger partial charge in [0.2, 0.25) is 5.91 Å². The number of halogens is 1. The Morgan fingerprint density at radius 1 is 1.24 bits per heavy atom. The first-order chi connectivity index (χ1) is 9.75. The lowest BCUT2D eigenvalue weighted by molar-refractivity contribution is -0.136. The van der Waals surface area contributed by atoms with E-state index in [0.29, 0.717) is 13.2 Å². The fourth-order valence-corrected chi connectivity index (χ4v) is 2.53. The number of amides is 1. The molecule has 1 aliphatic rings. The number of carbonyl (C=O) groups excluding carboxylic acids is 1. The van der Waals surface area contributed by atoms with Gasteiger partial charge in [-0.2, -0.15) is 0 Å². The van der Waals surface area contributed by atoms with Gasteiger partial charge < -0.3 is 20.1 Å². The summed E-state index contributed by atoms with van der Waals surface area (Å²) in [5, 5.41) is 6.34. The van der Waals surface area contributed by atoms with Crippen LogP contribution in [-0.2, 0) is 14.3 Å². The van der Waals surface area contributed by atoms with Crippen molar-refractivity contribution in [1.29, 1.82) is 0 Å². The summed E-state index contributed by atoms with van der Waals surface area (Å²) in [4.78, 5) is 12.4. The van der Waals surface area contributed by atoms with Crippen LogP contribution in [0.15, 0.2) is 0 Å². The van der Waals surface area contributed by atoms with Crippen LogP contribution in [0.4, 0.5) is 0 Å². The fraction of sp³-hybridized carbons (Fsp3) is 0.933. The molecule has 0 aromatic heterocycles. The van der Waals surface area contributed by atoms with Crippen LogP contribution in [0.5, 0.6) is 0 Å². The van der Waals surface area contributed by atoms with Gasteiger partial charge in [0, 0.05) is 26.9 Å². The van der Waals surface area contributed by atoms with Crippen molar-refractivity contribution in [1.82, 2.24) is 10.6 Å². The standard InChI is InChI=1S/C15H30N2O3.ClH/c1-3-4-11-20-12-5-8-17-14(18)15(13-19-2)6-9-16-10-7-15;/h16H,3-13H2,1-2H3,(H,17,18);1H. The normalized spacial score (nSPS) is 17.0. The fourth-order valence-electron chi connectivity index (χ4n) is 2.53. The molecular formula is C15H31ClN2O3. The van der Waals surface area contributed by atoms with Crippen molar-refractivity contribution in [2.45, 2.75) is 39.0 Å². The lowest BCUT2D eigenvalue weighted by Gasteiger charge is -2.35. The van der Waals surface area contributed by atoms with Gasteiger partial charge in [0.05, 0.1) is 12.0 Å². The van der Waals surface area contributed by atoms with Crippen LogP contribution in [0, 0.1) is 5.41 Å². The Balaban J connectivity index is 0.00000400. The molecular weight excluding hydrogens is 292 g/mol. The first kappa shape index (κ1) is 20.6. The van der Waals surface area contributed by atoms with Crippen LogP contribution in [-0.4, -0.2) is 52.5 Å². The molecule has 0 aliphatic carbocycles. The van der Waals surface area contributed by atoms with Crippen molar-refractivity contribution in [3.05, 3.63) is 0 Å². The number of rotatable bonds is 10. The van der Waals surface area contributed by atoms with E-state index in [1.807, 2.05) is 0 Å². The molecule has 0 aromatic rings. The Bertz CT molecular complexity index is 266. The summed E-state index contributed by atoms with van der Waals surface area (Å²) in [6, 6.07) is 0. The lowest BCUT2D eigenvalue weighted by Crippen LogP contribution is -2.50. The molecule has 2 N–H and O–H groups in total. The van der Waals surface area contributed by atoms with E-state index in [-0.39, 0.29) is 23.7 Å². The maximum atomic E-state index is 12.4. The molecule has 0 bridgehead atoms. The van der Waals surface area contributed by atoms with Gasteiger partial charge in [-0.15, -0.1) is 12.4 Å². The molecule has 0 atom stereocenters. The number of carbonyl (C=O) groups is 1. The highest BCUT2D eigenvalue weighted by atomic mass is 35.5. The van der Waals surface area contributed by atoms with Crippen molar-refractivity contribution in [3.63, 3.8) is 0 Å². The molecule has 0 unspecified atom stereocenters. The van der Waals surface area contributed by atoms with Crippen LogP contribution in [0.2, 0.25) is 0 Å². The minimum Gasteiger partial charge on any atom is -0.384 e. The molecule has 6 heteroatoms. The highest BCUT2D eigenvalue weighted by Crippen LogP contribution is 2.29. The van der Waals surface area contributed by atoms with E-state index in [4.69, 9.17) is 9.47 Å². The zero-order chi connectivity index (χ0) is 14.7. The number of piperidine rings is 1. The topological polar surface area (TPSA) is 59.6 Å². The van der Waals surface area contributed by atoms with E-state index in [0.717, 1.165) is 58.4 Å². The van der Waals surface area contributed by atoms with Crippen molar-refractivity contribution >= 4 is 18.3 Å². The number of nitrogens with one attached hydrogen (secondary N) is 2. The molecule has 0 radical (unpaired) electrons. The summed E-state index contributed by atoms with van der Waals surface area (Å²) >= 11 is 0. The van der Waals surface area contributed by atoms with Crippen molar-refractivity contribution in [3.8, 4) is 0 Å². The van der Waals surface area contributed by atoms with E-state index in [2.05, 4.69) is 17.6 Å². The van der Waals surface area contributed by atoms with Gasteiger partial charge in [-0.1, -0.05) is 13.3 Å². The molecule has 1 fully saturated rings. The summed E-state index contributed by atoms with van der Waals surface area (Å²) in [6.45, 7) is 6.66. The van der Waals surface area contributed by atoms with E-state index in [9.17, 15) is 4.79 Å². The minimum atomic E-state index is -0.344. The summed E-state index contributed by atoms with van der Waals surface area (Å²) in [6.07, 6.45) is 4.83. The Kier molecular flexibility index (Phi) is 12.0. The Morgan fingerprint density at radius 2 is 1.90 bits per heavy atom. The predicted molar refractivity (Wildman–Crippen MR) is 87.0 cm³/mol. The number of methoxy groups -OCH3 is 1. The molecule has 21 heavy (non-hydrogen) atoms. The molecule has 0 spiro atoms. The zero-order valence-electron chi connectivity index (χ0n) is 13.4. The van der Waals surface area contributed by atoms with Crippen LogP contribution < -0.4 is 10.6 Å².